The van der Waals surface area contributed by atoms with E-state index in [2.05, 4.69) is 22.7 Å². The second-order valence-corrected chi connectivity index (χ2v) is 7.19. The van der Waals surface area contributed by atoms with Gasteiger partial charge >= 0.3 is 0 Å². The minimum absolute atomic E-state index is 0.00971. The van der Waals surface area contributed by atoms with Gasteiger partial charge in [-0.25, -0.2) is 5.43 Å². The van der Waals surface area contributed by atoms with E-state index in [0.29, 0.717) is 0 Å². The van der Waals surface area contributed by atoms with Crippen molar-refractivity contribution in [2.75, 3.05) is 0 Å². The van der Waals surface area contributed by atoms with E-state index in [1.54, 1.807) is 11.8 Å². The molecule has 1 aliphatic rings. The van der Waals surface area contributed by atoms with Crippen LogP contribution in [0.15, 0.2) is 35.4 Å². The van der Waals surface area contributed by atoms with Crippen LogP contribution in [0.5, 0.6) is 0 Å². The fraction of sp³-hybridized carbons (Fsp3) is 0.556. The molecule has 0 spiro atoms. The molecule has 3 nitrogen and oxygen atoms in total. The van der Waals surface area contributed by atoms with Crippen molar-refractivity contribution < 1.29 is 4.79 Å². The normalized spacial score (nSPS) is 17.2. The van der Waals surface area contributed by atoms with E-state index in [1.165, 1.54) is 37.7 Å². The molecule has 4 heteroatoms. The first kappa shape index (κ1) is 17.1. The second-order valence-electron chi connectivity index (χ2n) is 5.86. The maximum atomic E-state index is 12.1. The third kappa shape index (κ3) is 6.22. The lowest BCUT2D eigenvalue weighted by atomic mass is 9.99. The number of amides is 1. The van der Waals surface area contributed by atoms with Crippen molar-refractivity contribution >= 4 is 23.4 Å². The lowest BCUT2D eigenvalue weighted by Crippen LogP contribution is -2.28. The van der Waals surface area contributed by atoms with Gasteiger partial charge in [0.05, 0.1) is 5.25 Å². The summed E-state index contributed by atoms with van der Waals surface area (Å²) >= 11 is 1.65. The van der Waals surface area contributed by atoms with Gasteiger partial charge in [-0.3, -0.25) is 4.79 Å². The number of carbonyl (C=O) groups is 1. The summed E-state index contributed by atoms with van der Waals surface area (Å²) < 4.78 is 0. The number of hydrogen-bond acceptors (Lipinski definition) is 3. The summed E-state index contributed by atoms with van der Waals surface area (Å²) in [6, 6.07) is 10.2. The SMILES string of the molecule is C[C@@H](SCc1ccccc1)C(=O)NN=C1CCCCCCC1. The third-order valence-corrected chi connectivity index (χ3v) is 5.18. The molecular weight excluding hydrogens is 292 g/mol. The number of carbonyl (C=O) groups excluding carboxylic acids is 1. The number of nitrogens with zero attached hydrogens (tertiary/aromatic N) is 1. The van der Waals surface area contributed by atoms with E-state index in [1.807, 2.05) is 25.1 Å². The minimum atomic E-state index is -0.0851. The summed E-state index contributed by atoms with van der Waals surface area (Å²) in [5.41, 5.74) is 5.17. The van der Waals surface area contributed by atoms with Crippen LogP contribution in [0.1, 0.15) is 57.4 Å². The van der Waals surface area contributed by atoms with Crippen LogP contribution in [0.3, 0.4) is 0 Å². The van der Waals surface area contributed by atoms with E-state index < -0.39 is 0 Å². The van der Waals surface area contributed by atoms with Crippen LogP contribution >= 0.6 is 11.8 Å². The van der Waals surface area contributed by atoms with Crippen molar-refractivity contribution in [2.24, 2.45) is 5.10 Å². The van der Waals surface area contributed by atoms with Crippen LogP contribution in [0.25, 0.3) is 0 Å². The zero-order valence-electron chi connectivity index (χ0n) is 13.4. The molecule has 0 saturated heterocycles. The molecule has 1 aromatic rings. The zero-order chi connectivity index (χ0) is 15.6. The fourth-order valence-electron chi connectivity index (χ4n) is 2.52. The van der Waals surface area contributed by atoms with Gasteiger partial charge < -0.3 is 0 Å². The van der Waals surface area contributed by atoms with Crippen molar-refractivity contribution in [1.29, 1.82) is 0 Å². The number of nitrogens with one attached hydrogen (secondary N) is 1. The molecule has 1 saturated carbocycles. The molecule has 1 amide bonds. The van der Waals surface area contributed by atoms with Crippen molar-refractivity contribution in [3.8, 4) is 0 Å². The Balaban J connectivity index is 1.75. The average Bonchev–Trinajstić information content (AvgIpc) is 2.52. The quantitative estimate of drug-likeness (QED) is 0.811. The van der Waals surface area contributed by atoms with Crippen LogP contribution in [0.4, 0.5) is 0 Å². The van der Waals surface area contributed by atoms with Crippen LogP contribution in [0, 0.1) is 0 Å². The molecule has 0 aliphatic heterocycles. The van der Waals surface area contributed by atoms with Crippen LogP contribution in [-0.2, 0) is 10.5 Å². The van der Waals surface area contributed by atoms with Gasteiger partial charge in [-0.1, -0.05) is 49.6 Å². The van der Waals surface area contributed by atoms with Gasteiger partial charge in [0.15, 0.2) is 0 Å². The topological polar surface area (TPSA) is 41.5 Å². The molecule has 2 rings (SSSR count). The molecule has 0 bridgehead atoms. The van der Waals surface area contributed by atoms with Gasteiger partial charge in [0.2, 0.25) is 0 Å². The van der Waals surface area contributed by atoms with E-state index in [4.69, 9.17) is 0 Å². The van der Waals surface area contributed by atoms with Gasteiger partial charge in [-0.2, -0.15) is 5.10 Å². The first-order valence-electron chi connectivity index (χ1n) is 8.26. The Morgan fingerprint density at radius 2 is 1.77 bits per heavy atom. The highest BCUT2D eigenvalue weighted by Crippen LogP contribution is 2.18. The molecule has 0 radical (unpaired) electrons. The molecule has 1 fully saturated rings. The Hall–Kier alpha value is -1.29. The first-order valence-corrected chi connectivity index (χ1v) is 9.31. The number of thioether (sulfide) groups is 1. The summed E-state index contributed by atoms with van der Waals surface area (Å²) in [5, 5.41) is 4.28. The maximum absolute atomic E-state index is 12.1. The third-order valence-electron chi connectivity index (χ3n) is 3.97. The lowest BCUT2D eigenvalue weighted by molar-refractivity contribution is -0.120. The largest absolute Gasteiger partial charge is 0.272 e. The fourth-order valence-corrected chi connectivity index (χ4v) is 3.36. The van der Waals surface area contributed by atoms with Gasteiger partial charge in [0.1, 0.15) is 0 Å². The van der Waals surface area contributed by atoms with Gasteiger partial charge in [-0.05, 0) is 38.2 Å². The molecule has 0 aromatic heterocycles. The van der Waals surface area contributed by atoms with E-state index >= 15 is 0 Å². The monoisotopic (exact) mass is 318 g/mol. The van der Waals surface area contributed by atoms with Crippen LogP contribution in [0.2, 0.25) is 0 Å². The van der Waals surface area contributed by atoms with Gasteiger partial charge in [0.25, 0.3) is 5.91 Å². The molecule has 0 heterocycles. The number of hydrazone groups is 1. The molecule has 1 atom stereocenters. The summed E-state index contributed by atoms with van der Waals surface area (Å²) in [5.74, 6) is 0.863. The van der Waals surface area contributed by atoms with Crippen LogP contribution in [-0.4, -0.2) is 16.9 Å². The van der Waals surface area contributed by atoms with E-state index in [0.717, 1.165) is 24.3 Å². The Kier molecular flexibility index (Phi) is 7.50. The molecule has 1 aliphatic carbocycles. The Bertz CT molecular complexity index is 477. The Labute approximate surface area is 138 Å². The Morgan fingerprint density at radius 3 is 2.45 bits per heavy atom. The Morgan fingerprint density at radius 1 is 1.14 bits per heavy atom. The lowest BCUT2D eigenvalue weighted by Gasteiger charge is -2.13. The second kappa shape index (κ2) is 9.67. The van der Waals surface area contributed by atoms with E-state index in [9.17, 15) is 4.79 Å². The van der Waals surface area contributed by atoms with Crippen molar-refractivity contribution in [3.05, 3.63) is 35.9 Å². The predicted octanol–water partition coefficient (Wildman–Crippen LogP) is 4.52. The molecule has 1 N–H and O–H groups in total. The summed E-state index contributed by atoms with van der Waals surface area (Å²) in [6.07, 6.45) is 8.39. The highest BCUT2D eigenvalue weighted by atomic mass is 32.2. The minimum Gasteiger partial charge on any atom is -0.272 e. The highest BCUT2D eigenvalue weighted by molar-refractivity contribution is 7.99. The smallest absolute Gasteiger partial charge is 0.252 e. The standard InChI is InChI=1S/C18H26N2OS/c1-15(22-14-16-10-6-5-7-11-16)18(21)20-19-17-12-8-3-2-4-9-13-17/h5-7,10-11,15H,2-4,8-9,12-14H2,1H3,(H,20,21)/t15-/m1/s1. The zero-order valence-corrected chi connectivity index (χ0v) is 14.2. The van der Waals surface area contributed by atoms with Crippen molar-refractivity contribution in [3.63, 3.8) is 0 Å². The molecule has 0 unspecified atom stereocenters. The van der Waals surface area contributed by atoms with E-state index in [-0.39, 0.29) is 11.2 Å². The summed E-state index contributed by atoms with van der Waals surface area (Å²) in [4.78, 5) is 12.1. The maximum Gasteiger partial charge on any atom is 0.252 e. The molecule has 22 heavy (non-hydrogen) atoms. The van der Waals surface area contributed by atoms with Crippen molar-refractivity contribution in [1.82, 2.24) is 5.43 Å². The number of rotatable bonds is 5. The predicted molar refractivity (Wildman–Crippen MR) is 95.1 cm³/mol. The van der Waals surface area contributed by atoms with Gasteiger partial charge in [0, 0.05) is 11.5 Å². The average molecular weight is 318 g/mol. The highest BCUT2D eigenvalue weighted by Gasteiger charge is 2.13. The summed E-state index contributed by atoms with van der Waals surface area (Å²) in [6.45, 7) is 1.95. The van der Waals surface area contributed by atoms with Gasteiger partial charge in [-0.15, -0.1) is 11.8 Å². The molecular formula is C18H26N2OS. The molecule has 120 valence electrons. The first-order chi connectivity index (χ1) is 10.8. The van der Waals surface area contributed by atoms with Crippen LogP contribution < -0.4 is 5.43 Å². The molecule has 1 aromatic carbocycles. The van der Waals surface area contributed by atoms with Crippen molar-refractivity contribution in [2.45, 2.75) is 62.9 Å². The summed E-state index contributed by atoms with van der Waals surface area (Å²) in [7, 11) is 0. The number of hydrogen-bond donors (Lipinski definition) is 1. The number of benzene rings is 1.